The molecule has 0 aromatic carbocycles. The number of carbonyl (C=O) groups is 1. The third-order valence-electron chi connectivity index (χ3n) is 0.690. The molecule has 0 bridgehead atoms. The minimum Gasteiger partial charge on any atom is -1.00 e. The summed E-state index contributed by atoms with van der Waals surface area (Å²) >= 11 is 0. The molecule has 0 aromatic heterocycles. The number of esters is 1. The van der Waals surface area contributed by atoms with Crippen molar-refractivity contribution in [3.63, 3.8) is 0 Å². The summed E-state index contributed by atoms with van der Waals surface area (Å²) in [6.07, 6.45) is -0.950. The van der Waals surface area contributed by atoms with Crippen molar-refractivity contribution in [2.45, 2.75) is 13.0 Å². The van der Waals surface area contributed by atoms with Crippen molar-refractivity contribution in [3.8, 4) is 0 Å². The van der Waals surface area contributed by atoms with Crippen LogP contribution >= 0.6 is 7.82 Å². The van der Waals surface area contributed by atoms with Gasteiger partial charge in [0.05, 0.1) is 6.61 Å². The van der Waals surface area contributed by atoms with Crippen LogP contribution in [0.2, 0.25) is 0 Å². The fourth-order valence-corrected chi connectivity index (χ4v) is 0.266. The number of ether oxygens (including phenoxy) is 1. The molecule has 0 radical (unpaired) electrons. The maximum atomic E-state index is 10.0. The van der Waals surface area contributed by atoms with E-state index in [1.807, 2.05) is 0 Å². The molecule has 0 rings (SSSR count). The number of carbonyl (C=O) groups excluding carboxylic acids is 1. The molecule has 1 unspecified atom stereocenters. The van der Waals surface area contributed by atoms with Crippen LogP contribution < -0.4 is 0 Å². The molecule has 8 nitrogen and oxygen atoms in total. The van der Waals surface area contributed by atoms with Gasteiger partial charge in [-0.3, -0.25) is 4.79 Å². The Morgan fingerprint density at radius 3 is 1.88 bits per heavy atom. The number of phosphoric acid groups is 1. The fourth-order valence-electron chi connectivity index (χ4n) is 0.266. The largest absolute Gasteiger partial charge is 2.00 e. The topological polar surface area (TPSA) is 145 Å². The molecule has 1 atom stereocenters. The molecule has 0 aliphatic heterocycles. The van der Waals surface area contributed by atoms with Gasteiger partial charge in [-0.15, -0.1) is 0 Å². The van der Waals surface area contributed by atoms with E-state index in [-0.39, 0.29) is 94.4 Å². The van der Waals surface area contributed by atoms with Crippen molar-refractivity contribution in [1.29, 1.82) is 0 Å². The first-order valence-electron chi connectivity index (χ1n) is 3.37. The van der Waals surface area contributed by atoms with Gasteiger partial charge in [0.2, 0.25) is 0 Å². The zero-order chi connectivity index (χ0) is 11.8. The smallest absolute Gasteiger partial charge is 1.00 e. The van der Waals surface area contributed by atoms with E-state index in [2.05, 4.69) is 4.74 Å². The van der Waals surface area contributed by atoms with Gasteiger partial charge < -0.3 is 35.3 Å². The Morgan fingerprint density at radius 1 is 1.38 bits per heavy atom. The van der Waals surface area contributed by atoms with Crippen LogP contribution in [0, 0.1) is 0 Å². The predicted molar refractivity (Wildman–Crippen MR) is 59.9 cm³/mol. The molecule has 0 spiro atoms. The molecule has 0 amide bonds. The summed E-state index contributed by atoms with van der Waals surface area (Å²) in [5, 5.41) is 16.8. The summed E-state index contributed by atoms with van der Waals surface area (Å²) in [4.78, 5) is 31.6. The Labute approximate surface area is 158 Å². The van der Waals surface area contributed by atoms with Crippen molar-refractivity contribution >= 4 is 89.3 Å². The van der Waals surface area contributed by atoms with Gasteiger partial charge in [0.15, 0.2) is 0 Å². The predicted octanol–water partition coefficient (Wildman–Crippen LogP) is -2.34. The molecular weight excluding hydrogens is 299 g/mol. The standard InChI is InChI=1S/C5H10O4.2Ca.H3O4P.4H/c1-4(7)9-3-5(8)2-6;;;1-5(2,3)4;;;;/h5-6,8H,2-3H2,1H3;;;(H3,1,2,3,4);;;;/q;2*+2;;4*-1. The normalized spacial score (nSPS) is 10.9. The van der Waals surface area contributed by atoms with Crippen LogP contribution in [0.5, 0.6) is 0 Å². The first-order valence-corrected chi connectivity index (χ1v) is 4.94. The van der Waals surface area contributed by atoms with Crippen LogP contribution in [-0.2, 0) is 14.1 Å². The Bertz CT molecular complexity index is 213. The third kappa shape index (κ3) is 44.4. The third-order valence-corrected chi connectivity index (χ3v) is 0.690. The van der Waals surface area contributed by atoms with Crippen LogP contribution in [0.15, 0.2) is 0 Å². The van der Waals surface area contributed by atoms with Crippen LogP contribution in [0.3, 0.4) is 0 Å². The molecule has 0 aromatic rings. The van der Waals surface area contributed by atoms with Gasteiger partial charge in [-0.25, -0.2) is 4.57 Å². The second-order valence-corrected chi connectivity index (χ2v) is 3.18. The zero-order valence-electron chi connectivity index (χ0n) is 12.8. The molecule has 0 fully saturated rings. The summed E-state index contributed by atoms with van der Waals surface area (Å²) in [6, 6.07) is 0. The quantitative estimate of drug-likeness (QED) is 0.221. The summed E-state index contributed by atoms with van der Waals surface area (Å²) in [5.74, 6) is -0.456. The maximum absolute atomic E-state index is 10.0. The van der Waals surface area contributed by atoms with E-state index in [0.717, 1.165) is 0 Å². The summed E-state index contributed by atoms with van der Waals surface area (Å²) in [5.41, 5.74) is 0. The van der Waals surface area contributed by atoms with E-state index >= 15 is 0 Å². The van der Waals surface area contributed by atoms with Gasteiger partial charge in [-0.05, 0) is 0 Å². The Balaban J connectivity index is -0.0000000199. The van der Waals surface area contributed by atoms with Crippen molar-refractivity contribution in [1.82, 2.24) is 0 Å². The van der Waals surface area contributed by atoms with Crippen LogP contribution in [0.1, 0.15) is 12.6 Å². The van der Waals surface area contributed by atoms with E-state index in [1.54, 1.807) is 0 Å². The minimum atomic E-state index is -4.64. The van der Waals surface area contributed by atoms with Crippen LogP contribution in [0.4, 0.5) is 0 Å². The molecule has 94 valence electrons. The van der Waals surface area contributed by atoms with Gasteiger partial charge >= 0.3 is 89.3 Å². The second-order valence-electron chi connectivity index (χ2n) is 2.15. The summed E-state index contributed by atoms with van der Waals surface area (Å²) in [7, 11) is -4.64. The van der Waals surface area contributed by atoms with Gasteiger partial charge in [0, 0.05) is 6.92 Å². The maximum Gasteiger partial charge on any atom is 2.00 e. The molecule has 0 aliphatic carbocycles. The number of hydrogen-bond donors (Lipinski definition) is 5. The number of aliphatic hydroxyl groups excluding tert-OH is 2. The van der Waals surface area contributed by atoms with E-state index in [0.29, 0.717) is 0 Å². The second kappa shape index (κ2) is 15.1. The monoisotopic (exact) mass is 316 g/mol. The zero-order valence-corrected chi connectivity index (χ0v) is 14.1. The fraction of sp³-hybridized carbons (Fsp3) is 0.800. The molecule has 16 heavy (non-hydrogen) atoms. The van der Waals surface area contributed by atoms with E-state index < -0.39 is 19.9 Å². The summed E-state index contributed by atoms with van der Waals surface area (Å²) in [6.45, 7) is 0.725. The van der Waals surface area contributed by atoms with E-state index in [9.17, 15) is 4.79 Å². The Kier molecular flexibility index (Phi) is 25.0. The molecular formula is C5H17Ca2O8P. The molecule has 0 saturated heterocycles. The van der Waals surface area contributed by atoms with Crippen LogP contribution in [-0.4, -0.2) is 126 Å². The van der Waals surface area contributed by atoms with Crippen molar-refractivity contribution in [2.75, 3.05) is 13.2 Å². The minimum absolute atomic E-state index is 0. The van der Waals surface area contributed by atoms with Crippen molar-refractivity contribution < 1.29 is 44.7 Å². The molecule has 11 heteroatoms. The number of hydrogen-bond acceptors (Lipinski definition) is 5. The van der Waals surface area contributed by atoms with E-state index in [4.69, 9.17) is 29.5 Å². The molecule has 0 saturated carbocycles. The Hall–Kier alpha value is 2.02. The molecule has 0 aliphatic rings. The first kappa shape index (κ1) is 26.6. The number of rotatable bonds is 3. The van der Waals surface area contributed by atoms with E-state index in [1.165, 1.54) is 6.92 Å². The summed E-state index contributed by atoms with van der Waals surface area (Å²) < 4.78 is 13.2. The van der Waals surface area contributed by atoms with Gasteiger partial charge in [-0.2, -0.15) is 0 Å². The van der Waals surface area contributed by atoms with Crippen molar-refractivity contribution in [2.24, 2.45) is 0 Å². The molecule has 5 N–H and O–H groups in total. The average molecular weight is 316 g/mol. The van der Waals surface area contributed by atoms with Gasteiger partial charge in [0.25, 0.3) is 0 Å². The van der Waals surface area contributed by atoms with Gasteiger partial charge in [-0.1, -0.05) is 0 Å². The van der Waals surface area contributed by atoms with Crippen molar-refractivity contribution in [3.05, 3.63) is 0 Å². The van der Waals surface area contributed by atoms with Crippen LogP contribution in [0.25, 0.3) is 0 Å². The average Bonchev–Trinajstić information content (AvgIpc) is 1.96. The number of aliphatic hydroxyl groups is 2. The first-order chi connectivity index (χ1) is 6.16. The van der Waals surface area contributed by atoms with Gasteiger partial charge in [0.1, 0.15) is 12.7 Å². The molecule has 0 heterocycles. The Morgan fingerprint density at radius 2 is 1.69 bits per heavy atom. The SMILES string of the molecule is CC(=O)OCC(O)CO.O=P(O)(O)O.[Ca+2].[Ca+2].[H-].[H-].[H-].[H-].